The van der Waals surface area contributed by atoms with Gasteiger partial charge in [0.2, 0.25) is 4.77 Å². The topological polar surface area (TPSA) is 505 Å². The van der Waals surface area contributed by atoms with Gasteiger partial charge in [-0.2, -0.15) is 0 Å². The number of aromatic nitrogens is 8. The second-order valence-corrected chi connectivity index (χ2v) is 46.9. The molecular formula is C92H117F8N9O30P4S5. The number of aliphatic hydroxyl groups excluding tert-OH is 4. The lowest BCUT2D eigenvalue weighted by molar-refractivity contribution is -0.203. The zero-order valence-corrected chi connectivity index (χ0v) is 90.3. The van der Waals surface area contributed by atoms with Crippen molar-refractivity contribution in [1.82, 2.24) is 38.2 Å². The fraction of sp³-hybridized carbons (Fsp3) is 0.522. The number of para-hydroxylation sites is 4. The molecule has 0 spiro atoms. The van der Waals surface area contributed by atoms with Gasteiger partial charge in [0, 0.05) is 30.9 Å². The summed E-state index contributed by atoms with van der Waals surface area (Å²) < 4.78 is 269. The van der Waals surface area contributed by atoms with Crippen molar-refractivity contribution >= 4 is 121 Å². The maximum absolute atomic E-state index is 15.9. The molecule has 4 aliphatic rings. The van der Waals surface area contributed by atoms with Crippen LogP contribution in [0.4, 0.5) is 40.9 Å². The number of H-pyrrole nitrogens is 3. The zero-order chi connectivity index (χ0) is 110. The number of nitrogen functional groups attached to an aromatic ring is 1. The van der Waals surface area contributed by atoms with Gasteiger partial charge in [-0.25, -0.2) is 63.2 Å². The highest BCUT2D eigenvalue weighted by molar-refractivity contribution is 7.72. The third-order valence-electron chi connectivity index (χ3n) is 22.1. The summed E-state index contributed by atoms with van der Waals surface area (Å²) in [7, 11) is -17.1. The molecule has 39 nitrogen and oxygen atoms in total. The van der Waals surface area contributed by atoms with Crippen LogP contribution in [0.3, 0.4) is 0 Å². The number of nitrogens with two attached hydrogens (primary N) is 1. The number of esters is 4. The summed E-state index contributed by atoms with van der Waals surface area (Å²) in [5.74, 6) is -18.7. The lowest BCUT2D eigenvalue weighted by atomic mass is 9.97. The number of anilines is 1. The van der Waals surface area contributed by atoms with Gasteiger partial charge in [0.1, 0.15) is 64.5 Å². The first-order valence-electron chi connectivity index (χ1n) is 45.7. The summed E-state index contributed by atoms with van der Waals surface area (Å²) in [6.07, 6.45) is -15.7. The minimum atomic E-state index is -4.31. The van der Waals surface area contributed by atoms with Crippen LogP contribution in [-0.4, -0.2) is 229 Å². The summed E-state index contributed by atoms with van der Waals surface area (Å²) in [5.41, 5.74) is -6.82. The molecule has 24 atom stereocenters. The molecule has 148 heavy (non-hydrogen) atoms. The number of aliphatic hydroxyl groups is 4. The van der Waals surface area contributed by atoms with Crippen LogP contribution in [0, 0.1) is 47.3 Å². The molecule has 56 heteroatoms. The van der Waals surface area contributed by atoms with Crippen molar-refractivity contribution in [2.24, 2.45) is 23.7 Å². The van der Waals surface area contributed by atoms with E-state index in [4.69, 9.17) is 141 Å². The molecule has 0 bridgehead atoms. The fourth-order valence-electron chi connectivity index (χ4n) is 14.7. The predicted molar refractivity (Wildman–Crippen MR) is 531 cm³/mol. The number of hydrogen-bond acceptors (Lipinski definition) is 37. The lowest BCUT2D eigenvalue weighted by Crippen LogP contribution is -2.47. The predicted octanol–water partition coefficient (Wildman–Crippen LogP) is 17.9. The van der Waals surface area contributed by atoms with E-state index < -0.39 is 260 Å². The van der Waals surface area contributed by atoms with E-state index >= 15 is 35.1 Å². The van der Waals surface area contributed by atoms with Gasteiger partial charge in [-0.1, -0.05) is 125 Å². The highest BCUT2D eigenvalue weighted by atomic mass is 32.1. The second kappa shape index (κ2) is 50.0. The van der Waals surface area contributed by atoms with Gasteiger partial charge in [0.15, 0.2) is 81.5 Å². The standard InChI is InChI=1S/C23H30F2N3O7PS.2C23H29F2N2O8PS.C23H29F2N2O7PS2/c1-14(2)33-18(29)15(3)12-36(31,35-16-8-6-5-7-9-16)32-13-23(25)19(30)22(4,24)20(34-23)28-11-10-17(26)27-21(28)37;1-14(2)33-18(28)15(3)12-36(31,35-16-8-6-5-7-9-16)32-13-23(25)19(29)22(4,24)20(34-23)27-11-10-17(37)26-21(27)30;1-14(2)33-18(29)15(3)12-36(31,35-16-8-6-5-7-9-16)32-13-23(25)19(30)22(4,24)20(34-23)27-11-10-17(28)26-21(27)37;1-14(2)32-18(28)15(3)12-35(30,34-16-8-6-5-7-9-16)31-13-23(25)19(29)22(4,24)20(33-23)27-11-10-17(36)26-21(27)37/h5-11,14-15,19-20,30H,12-13H2,1-4H3,(H2,26,27,37);5-11,14-15,19-20,29H,12-13H2,1-4H3,(H,26,30,37);5-11,14-15,19-20,30H,12-13H2,1-4H3,(H,26,28,37);5-11,14-15,19-20,29H,12-13H2,1-4H3,(H,26,36,37)/t3*15-,19-,20-,22?,23-,36?;15-,19-,20-,22?,23-,35?/m1111/s1. The molecule has 9 N–H and O–H groups in total. The van der Waals surface area contributed by atoms with Gasteiger partial charge < -0.3 is 87.1 Å². The molecule has 4 saturated heterocycles. The lowest BCUT2D eigenvalue weighted by Gasteiger charge is -2.28. The average Bonchev–Trinajstić information content (AvgIpc) is 1.60. The van der Waals surface area contributed by atoms with Crippen molar-refractivity contribution in [3.05, 3.63) is 215 Å². The van der Waals surface area contributed by atoms with Crippen LogP contribution in [0.25, 0.3) is 0 Å². The summed E-state index contributed by atoms with van der Waals surface area (Å²) >= 11 is 25.0. The highest BCUT2D eigenvalue weighted by Gasteiger charge is 2.69. The number of carbonyl (C=O) groups is 4. The van der Waals surface area contributed by atoms with E-state index in [1.54, 1.807) is 128 Å². The van der Waals surface area contributed by atoms with Crippen molar-refractivity contribution in [3.63, 3.8) is 0 Å². The van der Waals surface area contributed by atoms with Gasteiger partial charge in [-0.05, 0) is 186 Å². The number of rotatable bonds is 40. The summed E-state index contributed by atoms with van der Waals surface area (Å²) in [5, 5.41) is 42.2. The van der Waals surface area contributed by atoms with Crippen molar-refractivity contribution in [1.29, 1.82) is 0 Å². The summed E-state index contributed by atoms with van der Waals surface area (Å²) in [4.78, 5) is 84.0. The summed E-state index contributed by atoms with van der Waals surface area (Å²) in [6.45, 7) is 17.8. The largest absolute Gasteiger partial charge is 0.463 e. The van der Waals surface area contributed by atoms with E-state index in [1.165, 1.54) is 107 Å². The Hall–Kier alpha value is -9.34. The summed E-state index contributed by atoms with van der Waals surface area (Å²) in [6, 6.07) is 36.5. The molecule has 816 valence electrons. The molecule has 4 fully saturated rings. The molecule has 0 saturated carbocycles. The van der Waals surface area contributed by atoms with E-state index in [-0.39, 0.29) is 52.4 Å². The minimum Gasteiger partial charge on any atom is -0.463 e. The molecule has 4 aromatic heterocycles. The van der Waals surface area contributed by atoms with E-state index in [1.807, 2.05) is 0 Å². The van der Waals surface area contributed by atoms with Crippen LogP contribution in [0.1, 0.15) is 136 Å². The molecule has 12 rings (SSSR count). The fourth-order valence-corrected chi connectivity index (χ4v) is 23.3. The van der Waals surface area contributed by atoms with Crippen LogP contribution >= 0.6 is 91.5 Å². The van der Waals surface area contributed by atoms with Crippen LogP contribution in [0.2, 0.25) is 0 Å². The first-order chi connectivity index (χ1) is 68.7. The first-order valence-corrected chi connectivity index (χ1v) is 54.6. The SMILES string of the molecule is CC(C)OC(=O)[C@H](C)CP(=O)(OC[C@@]1(F)O[C@@H](n2ccc(=O)[nH]c2=S)C(C)(F)[C@H]1O)Oc1ccccc1.CC(C)OC(=O)[C@H](C)CP(=O)(OC[C@@]1(F)O[C@@H](n2ccc(=S)[nH]c2=O)C(C)(F)[C@H]1O)Oc1ccccc1.CC(C)OC(=O)[C@H](C)CP(=O)(OC[C@@]1(F)O[C@@H](n2ccc(=S)[nH]c2=S)C(C)(F)[C@H]1O)Oc1ccccc1.CC(C)OC(=O)[C@H](C)CP(=O)(OC[C@@]1(F)O[C@@H](n2ccc(N)nc2=S)C(C)(F)[C@H]1O)Oc1ccccc1. The Morgan fingerprint density at radius 1 is 0.372 bits per heavy atom. The number of hydrogen-bond donors (Lipinski definition) is 8. The number of halogens is 8. The van der Waals surface area contributed by atoms with Crippen LogP contribution in [0.15, 0.2) is 180 Å². The Morgan fingerprint density at radius 2 is 0.608 bits per heavy atom. The van der Waals surface area contributed by atoms with Gasteiger partial charge >= 0.3 is 60.0 Å². The van der Waals surface area contributed by atoms with E-state index in [0.717, 1.165) is 59.9 Å². The second-order valence-electron chi connectivity index (χ2n) is 36.8. The molecule has 8 aromatic rings. The number of nitrogens with one attached hydrogen (secondary N) is 3. The van der Waals surface area contributed by atoms with E-state index in [0.29, 0.717) is 4.57 Å². The molecule has 0 aliphatic carbocycles. The van der Waals surface area contributed by atoms with E-state index in [2.05, 4.69) is 19.9 Å². The number of aromatic amines is 3. The van der Waals surface area contributed by atoms with Crippen LogP contribution in [-0.2, 0) is 93.4 Å². The Balaban J connectivity index is 0.000000219. The molecule has 4 aliphatic heterocycles. The molecule has 8 unspecified atom stereocenters. The van der Waals surface area contributed by atoms with Crippen molar-refractivity contribution in [2.75, 3.05) is 56.8 Å². The number of benzene rings is 4. The van der Waals surface area contributed by atoms with Crippen molar-refractivity contribution in [2.45, 2.75) is 231 Å². The Kier molecular flexibility index (Phi) is 41.3. The molecular weight excluding hydrogens is 2150 g/mol. The number of ether oxygens (including phenoxy) is 8. The third kappa shape index (κ3) is 31.5. The first kappa shape index (κ1) is 122. The molecule has 0 amide bonds. The Bertz CT molecular complexity index is 6110. The maximum atomic E-state index is 15.9. The number of nitrogens with zero attached hydrogens (tertiary/aromatic N) is 5. The highest BCUT2D eigenvalue weighted by Crippen LogP contribution is 2.60. The van der Waals surface area contributed by atoms with Crippen molar-refractivity contribution in [3.8, 4) is 23.0 Å². The van der Waals surface area contributed by atoms with Gasteiger partial charge in [0.05, 0.1) is 72.7 Å². The maximum Gasteiger partial charge on any atom is 0.380 e. The molecule has 4 aromatic carbocycles. The van der Waals surface area contributed by atoms with Crippen LogP contribution < -0.4 is 35.1 Å². The Labute approximate surface area is 870 Å². The van der Waals surface area contributed by atoms with Crippen LogP contribution in [0.5, 0.6) is 23.0 Å². The molecule has 0 radical (unpaired) electrons. The number of carbonyl (C=O) groups excluding carboxylic acids is 4. The normalized spacial score (nSPS) is 28.0. The van der Waals surface area contributed by atoms with Gasteiger partial charge in [-0.3, -0.25) is 70.3 Å². The third-order valence-corrected chi connectivity index (χ3v) is 31.6. The zero-order valence-electron chi connectivity index (χ0n) is 82.6. The average molecular weight is 2270 g/mol. The van der Waals surface area contributed by atoms with Gasteiger partial charge in [0.25, 0.3) is 29.0 Å². The monoisotopic (exact) mass is 2260 g/mol. The van der Waals surface area contributed by atoms with Crippen molar-refractivity contribution < 1.29 is 167 Å². The minimum absolute atomic E-state index is 0.0549. The van der Waals surface area contributed by atoms with Gasteiger partial charge in [-0.15, -0.1) is 0 Å². The molecule has 8 heterocycles. The quantitative estimate of drug-likeness (QED) is 0.00581. The smallest absolute Gasteiger partial charge is 0.380 e. The number of alkyl halides is 8. The Morgan fingerprint density at radius 3 is 0.858 bits per heavy atom. The van der Waals surface area contributed by atoms with E-state index in [9.17, 15) is 67.5 Å².